The van der Waals surface area contributed by atoms with Gasteiger partial charge in [0, 0.05) is 0 Å². The lowest BCUT2D eigenvalue weighted by atomic mass is 10.0. The van der Waals surface area contributed by atoms with Crippen molar-refractivity contribution in [3.63, 3.8) is 0 Å². The second kappa shape index (κ2) is 8.15. The highest BCUT2D eigenvalue weighted by molar-refractivity contribution is 4.74. The molecule has 0 spiro atoms. The first kappa shape index (κ1) is 13.0. The van der Waals surface area contributed by atoms with E-state index in [-0.39, 0.29) is 0 Å². The van der Waals surface area contributed by atoms with Crippen LogP contribution in [0, 0.1) is 11.8 Å². The van der Waals surface area contributed by atoms with E-state index in [9.17, 15) is 0 Å². The second-order valence-corrected chi connectivity index (χ2v) is 5.60. The second-order valence-electron chi connectivity index (χ2n) is 5.60. The molecule has 1 heteroatoms. The molecule has 1 rings (SSSR count). The highest BCUT2D eigenvalue weighted by Crippen LogP contribution is 2.27. The molecule has 0 radical (unpaired) electrons. The topological polar surface area (TPSA) is 12.0 Å². The first-order valence-corrected chi connectivity index (χ1v) is 6.99. The Hall–Kier alpha value is -0.0400. The van der Waals surface area contributed by atoms with Gasteiger partial charge < -0.3 is 5.32 Å². The maximum Gasteiger partial charge on any atom is -0.00205 e. The van der Waals surface area contributed by atoms with Crippen LogP contribution in [0.2, 0.25) is 0 Å². The quantitative estimate of drug-likeness (QED) is 0.539. The van der Waals surface area contributed by atoms with E-state index < -0.39 is 0 Å². The fourth-order valence-electron chi connectivity index (χ4n) is 1.96. The molecule has 1 N–H and O–H groups in total. The molecular formula is C14H29N. The molecule has 1 aliphatic carbocycles. The van der Waals surface area contributed by atoms with Crippen LogP contribution in [-0.2, 0) is 0 Å². The van der Waals surface area contributed by atoms with E-state index in [2.05, 4.69) is 19.2 Å². The number of hydrogen-bond donors (Lipinski definition) is 1. The zero-order chi connectivity index (χ0) is 10.9. The van der Waals surface area contributed by atoms with E-state index in [0.717, 1.165) is 11.8 Å². The fraction of sp³-hybridized carbons (Fsp3) is 1.00. The van der Waals surface area contributed by atoms with Crippen molar-refractivity contribution in [3.05, 3.63) is 0 Å². The molecule has 90 valence electrons. The molecule has 0 aromatic rings. The van der Waals surface area contributed by atoms with Gasteiger partial charge in [0.25, 0.3) is 0 Å². The third kappa shape index (κ3) is 8.92. The van der Waals surface area contributed by atoms with Crippen LogP contribution in [0.15, 0.2) is 0 Å². The lowest BCUT2D eigenvalue weighted by molar-refractivity contribution is 0.508. The Labute approximate surface area is 96.0 Å². The molecule has 0 aromatic heterocycles. The predicted molar refractivity (Wildman–Crippen MR) is 68.1 cm³/mol. The van der Waals surface area contributed by atoms with Gasteiger partial charge in [-0.3, -0.25) is 0 Å². The lowest BCUT2D eigenvalue weighted by Crippen LogP contribution is -2.17. The van der Waals surface area contributed by atoms with Crippen molar-refractivity contribution < 1.29 is 0 Å². The molecule has 1 nitrogen and oxygen atoms in total. The average Bonchev–Trinajstić information content (AvgIpc) is 2.98. The molecule has 0 amide bonds. The van der Waals surface area contributed by atoms with Crippen LogP contribution in [0.5, 0.6) is 0 Å². The van der Waals surface area contributed by atoms with Gasteiger partial charge in [-0.2, -0.15) is 0 Å². The summed E-state index contributed by atoms with van der Waals surface area (Å²) in [5.41, 5.74) is 0. The zero-order valence-corrected chi connectivity index (χ0v) is 10.7. The number of nitrogens with one attached hydrogen (secondary N) is 1. The van der Waals surface area contributed by atoms with Crippen molar-refractivity contribution >= 4 is 0 Å². The summed E-state index contributed by atoms with van der Waals surface area (Å²) in [4.78, 5) is 0. The van der Waals surface area contributed by atoms with Crippen molar-refractivity contribution in [3.8, 4) is 0 Å². The Balaban J connectivity index is 1.65. The lowest BCUT2D eigenvalue weighted by Gasteiger charge is -2.05. The summed E-state index contributed by atoms with van der Waals surface area (Å²) in [6.45, 7) is 7.18. The Morgan fingerprint density at radius 3 is 2.33 bits per heavy atom. The van der Waals surface area contributed by atoms with E-state index in [1.807, 2.05) is 0 Å². The van der Waals surface area contributed by atoms with E-state index >= 15 is 0 Å². The van der Waals surface area contributed by atoms with Crippen LogP contribution in [-0.4, -0.2) is 13.1 Å². The number of hydrogen-bond acceptors (Lipinski definition) is 1. The van der Waals surface area contributed by atoms with Gasteiger partial charge in [0.05, 0.1) is 0 Å². The van der Waals surface area contributed by atoms with Gasteiger partial charge >= 0.3 is 0 Å². The Morgan fingerprint density at radius 2 is 1.67 bits per heavy atom. The molecule has 0 atom stereocenters. The van der Waals surface area contributed by atoms with Crippen molar-refractivity contribution in [1.29, 1.82) is 0 Å². The highest BCUT2D eigenvalue weighted by atomic mass is 14.9. The minimum absolute atomic E-state index is 0.894. The van der Waals surface area contributed by atoms with Gasteiger partial charge in [-0.1, -0.05) is 46.0 Å². The number of rotatable bonds is 10. The normalized spacial score (nSPS) is 16.2. The van der Waals surface area contributed by atoms with Gasteiger partial charge in [-0.15, -0.1) is 0 Å². The third-order valence-electron chi connectivity index (χ3n) is 3.26. The maximum atomic E-state index is 3.56. The first-order chi connectivity index (χ1) is 7.29. The minimum atomic E-state index is 0.894. The maximum absolute atomic E-state index is 3.56. The molecule has 0 unspecified atom stereocenters. The number of unbranched alkanes of at least 4 members (excludes halogenated alkanes) is 4. The Kier molecular flexibility index (Phi) is 7.08. The van der Waals surface area contributed by atoms with E-state index in [1.165, 1.54) is 64.5 Å². The predicted octanol–water partition coefficient (Wildman–Crippen LogP) is 3.98. The van der Waals surface area contributed by atoms with E-state index in [1.54, 1.807) is 0 Å². The van der Waals surface area contributed by atoms with Crippen molar-refractivity contribution in [1.82, 2.24) is 5.32 Å². The molecule has 0 heterocycles. The first-order valence-electron chi connectivity index (χ1n) is 6.99. The average molecular weight is 211 g/mol. The summed E-state index contributed by atoms with van der Waals surface area (Å²) in [5.74, 6) is 1.93. The Bertz CT molecular complexity index is 130. The molecule has 0 bridgehead atoms. The molecule has 0 saturated heterocycles. The molecular weight excluding hydrogens is 182 g/mol. The molecule has 1 fully saturated rings. The van der Waals surface area contributed by atoms with Crippen LogP contribution >= 0.6 is 0 Å². The standard InChI is InChI=1S/C14H29N/c1-13(2)8-6-4-3-5-7-11-15-12-14-9-10-14/h13-15H,3-12H2,1-2H3. The molecule has 0 aliphatic heterocycles. The summed E-state index contributed by atoms with van der Waals surface area (Å²) in [7, 11) is 0. The van der Waals surface area contributed by atoms with Crippen molar-refractivity contribution in [2.75, 3.05) is 13.1 Å². The monoisotopic (exact) mass is 211 g/mol. The van der Waals surface area contributed by atoms with Gasteiger partial charge in [0.1, 0.15) is 0 Å². The van der Waals surface area contributed by atoms with E-state index in [0.29, 0.717) is 0 Å². The summed E-state index contributed by atoms with van der Waals surface area (Å²) < 4.78 is 0. The third-order valence-corrected chi connectivity index (χ3v) is 3.26. The zero-order valence-electron chi connectivity index (χ0n) is 10.7. The van der Waals surface area contributed by atoms with Crippen LogP contribution in [0.25, 0.3) is 0 Å². The van der Waals surface area contributed by atoms with Gasteiger partial charge in [0.15, 0.2) is 0 Å². The Morgan fingerprint density at radius 1 is 1.00 bits per heavy atom. The molecule has 0 aromatic carbocycles. The largest absolute Gasteiger partial charge is 0.316 e. The smallest absolute Gasteiger partial charge is 0.00205 e. The molecule has 1 saturated carbocycles. The van der Waals surface area contributed by atoms with Crippen molar-refractivity contribution in [2.24, 2.45) is 11.8 Å². The van der Waals surface area contributed by atoms with Gasteiger partial charge in [-0.05, 0) is 44.2 Å². The molecule has 15 heavy (non-hydrogen) atoms. The van der Waals surface area contributed by atoms with Crippen LogP contribution < -0.4 is 5.32 Å². The van der Waals surface area contributed by atoms with Gasteiger partial charge in [0.2, 0.25) is 0 Å². The summed E-state index contributed by atoms with van der Waals surface area (Å²) in [6.07, 6.45) is 11.5. The summed E-state index contributed by atoms with van der Waals surface area (Å²) in [5, 5.41) is 3.56. The fourth-order valence-corrected chi connectivity index (χ4v) is 1.96. The molecule has 1 aliphatic rings. The van der Waals surface area contributed by atoms with Crippen LogP contribution in [0.4, 0.5) is 0 Å². The summed E-state index contributed by atoms with van der Waals surface area (Å²) >= 11 is 0. The van der Waals surface area contributed by atoms with Crippen molar-refractivity contribution in [2.45, 2.75) is 65.2 Å². The highest BCUT2D eigenvalue weighted by Gasteiger charge is 2.19. The summed E-state index contributed by atoms with van der Waals surface area (Å²) in [6, 6.07) is 0. The van der Waals surface area contributed by atoms with Gasteiger partial charge in [-0.25, -0.2) is 0 Å². The SMILES string of the molecule is CC(C)CCCCCCCNCC1CC1. The van der Waals surface area contributed by atoms with Crippen LogP contribution in [0.1, 0.15) is 65.2 Å². The van der Waals surface area contributed by atoms with E-state index in [4.69, 9.17) is 0 Å². The minimum Gasteiger partial charge on any atom is -0.316 e. The van der Waals surface area contributed by atoms with Crippen LogP contribution in [0.3, 0.4) is 0 Å².